The maximum atomic E-state index is 16.1. The van der Waals surface area contributed by atoms with Crippen LogP contribution in [0.5, 0.6) is 0 Å². The van der Waals surface area contributed by atoms with Crippen LogP contribution in [0.3, 0.4) is 0 Å². The molecule has 0 bridgehead atoms. The maximum absolute atomic E-state index is 16.1. The molecule has 4 aliphatic rings. The quantitative estimate of drug-likeness (QED) is 0.0864. The van der Waals surface area contributed by atoms with E-state index in [4.69, 9.17) is 0 Å². The van der Waals surface area contributed by atoms with Crippen molar-refractivity contribution in [1.82, 2.24) is 10.6 Å². The van der Waals surface area contributed by atoms with Crippen molar-refractivity contribution in [3.8, 4) is 0 Å². The molecule has 3 saturated carbocycles. The fourth-order valence-corrected chi connectivity index (χ4v) is 7.94. The fraction of sp³-hybridized carbons (Fsp3) is 0.677. The Kier molecular flexibility index (Phi) is 9.58. The summed E-state index contributed by atoms with van der Waals surface area (Å²) in [6, 6.07) is 3.03. The summed E-state index contributed by atoms with van der Waals surface area (Å²) in [6.07, 6.45) is 8.31. The summed E-state index contributed by atoms with van der Waals surface area (Å²) in [4.78, 5) is 0. The summed E-state index contributed by atoms with van der Waals surface area (Å²) in [5.74, 6) is -1.83. The van der Waals surface area contributed by atoms with Gasteiger partial charge in [0.05, 0.1) is 0 Å². The van der Waals surface area contributed by atoms with E-state index in [2.05, 4.69) is 40.1 Å². The first-order valence-corrected chi connectivity index (χ1v) is 17.1. The SMILES string of the molecule is CC(CCC1CC2(CC2)[C@H](NC(C)(O)C(F)I)[C@@H]1CC1=CC(I)CC(c2cc(F)cc(F)c2)=C1F)NCC1(F)CC1. The molecule has 0 aliphatic heterocycles. The molecule has 0 saturated heterocycles. The van der Waals surface area contributed by atoms with Gasteiger partial charge in [0.1, 0.15) is 23.1 Å². The topological polar surface area (TPSA) is 44.3 Å². The fourth-order valence-electron chi connectivity index (χ4n) is 6.89. The number of hydrogen-bond acceptors (Lipinski definition) is 3. The van der Waals surface area contributed by atoms with Crippen molar-refractivity contribution < 1.29 is 27.1 Å². The van der Waals surface area contributed by atoms with Crippen LogP contribution in [0.15, 0.2) is 35.7 Å². The zero-order valence-electron chi connectivity index (χ0n) is 23.4. The van der Waals surface area contributed by atoms with Crippen molar-refractivity contribution in [2.45, 2.75) is 103 Å². The van der Waals surface area contributed by atoms with E-state index >= 15 is 4.39 Å². The second-order valence-electron chi connectivity index (χ2n) is 13.1. The van der Waals surface area contributed by atoms with Crippen molar-refractivity contribution in [2.24, 2.45) is 17.3 Å². The summed E-state index contributed by atoms with van der Waals surface area (Å²) >= 11 is 3.80. The third-order valence-electron chi connectivity index (χ3n) is 9.65. The summed E-state index contributed by atoms with van der Waals surface area (Å²) in [7, 11) is 0. The van der Waals surface area contributed by atoms with Gasteiger partial charge in [-0.3, -0.25) is 5.32 Å². The van der Waals surface area contributed by atoms with Gasteiger partial charge in [0.25, 0.3) is 0 Å². The highest BCUT2D eigenvalue weighted by Gasteiger charge is 2.61. The Balaban J connectivity index is 1.40. The summed E-state index contributed by atoms with van der Waals surface area (Å²) in [5, 5.41) is 17.5. The van der Waals surface area contributed by atoms with Crippen molar-refractivity contribution in [3.05, 3.63) is 52.9 Å². The molecular weight excluding hydrogens is 765 g/mol. The van der Waals surface area contributed by atoms with Gasteiger partial charge < -0.3 is 10.4 Å². The molecule has 0 radical (unpaired) electrons. The molecule has 0 amide bonds. The third kappa shape index (κ3) is 7.50. The minimum atomic E-state index is -1.74. The van der Waals surface area contributed by atoms with Crippen LogP contribution in [0.1, 0.15) is 77.2 Å². The highest BCUT2D eigenvalue weighted by Crippen LogP contribution is 2.64. The monoisotopic (exact) mass is 804 g/mol. The van der Waals surface area contributed by atoms with Gasteiger partial charge in [-0.25, -0.2) is 22.0 Å². The molecule has 1 spiro atoms. The zero-order chi connectivity index (χ0) is 29.7. The lowest BCUT2D eigenvalue weighted by Gasteiger charge is -2.36. The minimum absolute atomic E-state index is 0.0584. The van der Waals surface area contributed by atoms with Crippen LogP contribution in [0.4, 0.5) is 22.0 Å². The Morgan fingerprint density at radius 2 is 1.78 bits per heavy atom. The van der Waals surface area contributed by atoms with E-state index in [1.807, 2.05) is 6.08 Å². The molecule has 0 aromatic heterocycles. The Hall–Kier alpha value is -0.310. The number of hydrogen-bond donors (Lipinski definition) is 3. The number of benzene rings is 1. The standard InChI is InChI=1S/C31H39F5I2N2O/c1-17(39-16-31(36)7-8-31)3-4-18-15-30(5-6-30)27(40-29(2,41)28(35)38)25(18)12-20-11-23(37)14-24(26(20)34)19-9-21(32)13-22(33)10-19/h9-11,13,17-18,23,25,27-28,39-41H,3-8,12,14-16H2,1-2H3/t17?,18?,23?,25-,27-,28?,29?/m1/s1. The molecular formula is C31H39F5I2N2O. The van der Waals surface area contributed by atoms with E-state index in [0.717, 1.165) is 38.2 Å². The maximum Gasteiger partial charge on any atom is 0.192 e. The van der Waals surface area contributed by atoms with Gasteiger partial charge in [-0.1, -0.05) is 28.7 Å². The van der Waals surface area contributed by atoms with Gasteiger partial charge in [-0.15, -0.1) is 0 Å². The molecule has 10 heteroatoms. The lowest BCUT2D eigenvalue weighted by molar-refractivity contribution is -0.0291. The molecule has 5 unspecified atom stereocenters. The van der Waals surface area contributed by atoms with Crippen LogP contribution in [0.2, 0.25) is 0 Å². The second kappa shape index (κ2) is 12.2. The number of aliphatic hydroxyl groups is 1. The predicted octanol–water partition coefficient (Wildman–Crippen LogP) is 8.24. The average molecular weight is 804 g/mol. The zero-order valence-corrected chi connectivity index (χ0v) is 27.8. The third-order valence-corrected chi connectivity index (χ3v) is 11.7. The molecule has 3 nitrogen and oxygen atoms in total. The van der Waals surface area contributed by atoms with Gasteiger partial charge in [0.2, 0.25) is 0 Å². The van der Waals surface area contributed by atoms with Crippen LogP contribution >= 0.6 is 45.2 Å². The lowest BCUT2D eigenvalue weighted by atomic mass is 9.80. The number of nitrogens with one attached hydrogen (secondary N) is 2. The predicted molar refractivity (Wildman–Crippen MR) is 169 cm³/mol. The Morgan fingerprint density at radius 3 is 2.37 bits per heavy atom. The molecule has 0 heterocycles. The van der Waals surface area contributed by atoms with Crippen LogP contribution in [0, 0.1) is 28.9 Å². The Labute approximate surface area is 266 Å². The van der Waals surface area contributed by atoms with Crippen molar-refractivity contribution in [1.29, 1.82) is 0 Å². The molecule has 4 aliphatic carbocycles. The molecule has 1 aromatic rings. The van der Waals surface area contributed by atoms with Crippen LogP contribution in [0.25, 0.3) is 5.57 Å². The highest BCUT2D eigenvalue weighted by atomic mass is 127. The lowest BCUT2D eigenvalue weighted by Crippen LogP contribution is -2.56. The average Bonchev–Trinajstić information content (AvgIpc) is 3.80. The first-order chi connectivity index (χ1) is 19.2. The van der Waals surface area contributed by atoms with Crippen molar-refractivity contribution in [3.63, 3.8) is 0 Å². The second-order valence-corrected chi connectivity index (χ2v) is 15.8. The summed E-state index contributed by atoms with van der Waals surface area (Å²) < 4.78 is 71.2. The van der Waals surface area contributed by atoms with Crippen LogP contribution in [-0.4, -0.2) is 43.2 Å². The van der Waals surface area contributed by atoms with E-state index in [0.29, 0.717) is 43.4 Å². The van der Waals surface area contributed by atoms with Crippen LogP contribution in [-0.2, 0) is 0 Å². The van der Waals surface area contributed by atoms with E-state index in [-0.39, 0.29) is 38.8 Å². The number of allylic oxidation sites excluding steroid dienone is 4. The van der Waals surface area contributed by atoms with Gasteiger partial charge in [-0.2, -0.15) is 0 Å². The molecule has 7 atom stereocenters. The normalized spacial score (nSPS) is 31.1. The van der Waals surface area contributed by atoms with Gasteiger partial charge in [-0.05, 0) is 140 Å². The Bertz CT molecular complexity index is 1180. The number of rotatable bonds is 12. The van der Waals surface area contributed by atoms with Crippen molar-refractivity contribution >= 4 is 50.8 Å². The molecule has 3 N–H and O–H groups in total. The largest absolute Gasteiger partial charge is 0.372 e. The minimum Gasteiger partial charge on any atom is -0.372 e. The van der Waals surface area contributed by atoms with E-state index < -0.39 is 33.0 Å². The summed E-state index contributed by atoms with van der Waals surface area (Å²) in [6.45, 7) is 3.86. The Morgan fingerprint density at radius 1 is 1.12 bits per heavy atom. The first kappa shape index (κ1) is 32.1. The van der Waals surface area contributed by atoms with Gasteiger partial charge >= 0.3 is 0 Å². The van der Waals surface area contributed by atoms with E-state index in [1.54, 1.807) is 22.6 Å². The van der Waals surface area contributed by atoms with Crippen molar-refractivity contribution in [2.75, 3.05) is 6.54 Å². The highest BCUT2D eigenvalue weighted by molar-refractivity contribution is 14.1. The molecule has 41 heavy (non-hydrogen) atoms. The van der Waals surface area contributed by atoms with E-state index in [9.17, 15) is 22.7 Å². The molecule has 3 fully saturated rings. The van der Waals surface area contributed by atoms with Crippen LogP contribution < -0.4 is 10.6 Å². The molecule has 5 rings (SSSR count). The first-order valence-electron chi connectivity index (χ1n) is 14.6. The number of halogens is 7. The molecule has 228 valence electrons. The number of alkyl halides is 4. The van der Waals surface area contributed by atoms with Gasteiger partial charge in [0.15, 0.2) is 9.90 Å². The molecule has 1 aromatic carbocycles. The summed E-state index contributed by atoms with van der Waals surface area (Å²) in [5.41, 5.74) is -1.89. The van der Waals surface area contributed by atoms with E-state index in [1.165, 1.54) is 19.1 Å². The van der Waals surface area contributed by atoms with Gasteiger partial charge in [0, 0.05) is 28.6 Å². The smallest absolute Gasteiger partial charge is 0.192 e.